The normalized spacial score (nSPS) is 11.5. The molecule has 1 unspecified atom stereocenters. The average molecular weight is 374 g/mol. The van der Waals surface area contributed by atoms with E-state index in [1.807, 2.05) is 37.4 Å². The summed E-state index contributed by atoms with van der Waals surface area (Å²) in [5, 5.41) is 7.25. The summed E-state index contributed by atoms with van der Waals surface area (Å²) in [6.07, 6.45) is 0.0355. The second-order valence-electron chi connectivity index (χ2n) is 5.97. The van der Waals surface area contributed by atoms with Crippen molar-refractivity contribution < 1.29 is 19.1 Å². The number of carbonyl (C=O) groups is 3. The van der Waals surface area contributed by atoms with Gasteiger partial charge in [0.15, 0.2) is 0 Å². The summed E-state index contributed by atoms with van der Waals surface area (Å²) >= 11 is 1.44. The van der Waals surface area contributed by atoms with Crippen LogP contribution in [0.1, 0.15) is 38.8 Å². The molecule has 1 heterocycles. The second kappa shape index (κ2) is 9.15. The highest BCUT2D eigenvalue weighted by Crippen LogP contribution is 2.22. The van der Waals surface area contributed by atoms with E-state index < -0.39 is 12.0 Å². The Morgan fingerprint density at radius 2 is 1.85 bits per heavy atom. The van der Waals surface area contributed by atoms with Crippen molar-refractivity contribution in [3.63, 3.8) is 0 Å². The minimum Gasteiger partial charge on any atom is -0.469 e. The van der Waals surface area contributed by atoms with Crippen LogP contribution in [-0.2, 0) is 14.3 Å². The monoisotopic (exact) mass is 374 g/mol. The van der Waals surface area contributed by atoms with Gasteiger partial charge in [0.25, 0.3) is 5.91 Å². The predicted molar refractivity (Wildman–Crippen MR) is 100 cm³/mol. The molecule has 0 fully saturated rings. The van der Waals surface area contributed by atoms with Crippen LogP contribution in [0, 0.1) is 13.8 Å². The third-order valence-corrected chi connectivity index (χ3v) is 4.70. The summed E-state index contributed by atoms with van der Waals surface area (Å²) < 4.78 is 4.68. The lowest BCUT2D eigenvalue weighted by Gasteiger charge is -2.16. The molecule has 2 rings (SSSR count). The molecule has 0 saturated carbocycles. The molecule has 0 radical (unpaired) electrons. The standard InChI is InChI=1S/C19H22N2O4S/c1-12-7-13(2)9-14(8-12)19(24)20-11-17(22)21-15(10-18(23)25-3)16-5-4-6-26-16/h4-9,15H,10-11H2,1-3H3,(H,20,24)(H,21,22). The summed E-state index contributed by atoms with van der Waals surface area (Å²) in [5.74, 6) is -1.10. The molecule has 1 aromatic carbocycles. The lowest BCUT2D eigenvalue weighted by Crippen LogP contribution is -2.39. The average Bonchev–Trinajstić information content (AvgIpc) is 3.12. The number of methoxy groups -OCH3 is 1. The summed E-state index contributed by atoms with van der Waals surface area (Å²) in [6.45, 7) is 3.65. The van der Waals surface area contributed by atoms with Crippen LogP contribution in [0.4, 0.5) is 0 Å². The van der Waals surface area contributed by atoms with Gasteiger partial charge >= 0.3 is 5.97 Å². The summed E-state index contributed by atoms with van der Waals surface area (Å²) in [4.78, 5) is 36.9. The quantitative estimate of drug-likeness (QED) is 0.730. The van der Waals surface area contributed by atoms with Crippen molar-refractivity contribution in [3.8, 4) is 0 Å². The van der Waals surface area contributed by atoms with Crippen molar-refractivity contribution >= 4 is 29.1 Å². The first-order valence-corrected chi connectivity index (χ1v) is 9.03. The SMILES string of the molecule is COC(=O)CC(NC(=O)CNC(=O)c1cc(C)cc(C)c1)c1cccs1. The Morgan fingerprint density at radius 3 is 2.42 bits per heavy atom. The van der Waals surface area contributed by atoms with E-state index in [1.54, 1.807) is 12.1 Å². The van der Waals surface area contributed by atoms with Gasteiger partial charge in [-0.15, -0.1) is 11.3 Å². The Hall–Kier alpha value is -2.67. The minimum atomic E-state index is -0.479. The van der Waals surface area contributed by atoms with Crippen LogP contribution < -0.4 is 10.6 Å². The molecule has 2 N–H and O–H groups in total. The van der Waals surface area contributed by atoms with Crippen LogP contribution >= 0.6 is 11.3 Å². The summed E-state index contributed by atoms with van der Waals surface area (Å²) in [7, 11) is 1.31. The van der Waals surface area contributed by atoms with Crippen molar-refractivity contribution in [2.24, 2.45) is 0 Å². The number of thiophene rings is 1. The number of carbonyl (C=O) groups excluding carboxylic acids is 3. The first-order chi connectivity index (χ1) is 12.4. The number of ether oxygens (including phenoxy) is 1. The smallest absolute Gasteiger partial charge is 0.307 e. The Bertz CT molecular complexity index is 767. The van der Waals surface area contributed by atoms with Gasteiger partial charge in [0.1, 0.15) is 0 Å². The maximum Gasteiger partial charge on any atom is 0.307 e. The van der Waals surface area contributed by atoms with E-state index >= 15 is 0 Å². The molecular weight excluding hydrogens is 352 g/mol. The minimum absolute atomic E-state index is 0.0355. The fourth-order valence-corrected chi connectivity index (χ4v) is 3.35. The number of nitrogens with one attached hydrogen (secondary N) is 2. The van der Waals surface area contributed by atoms with Crippen LogP contribution in [-0.4, -0.2) is 31.4 Å². The van der Waals surface area contributed by atoms with Crippen LogP contribution in [0.25, 0.3) is 0 Å². The number of aryl methyl sites for hydroxylation is 2. The van der Waals surface area contributed by atoms with Gasteiger partial charge in [-0.1, -0.05) is 23.3 Å². The van der Waals surface area contributed by atoms with E-state index in [0.29, 0.717) is 5.56 Å². The number of amides is 2. The molecule has 26 heavy (non-hydrogen) atoms. The van der Waals surface area contributed by atoms with Crippen LogP contribution in [0.2, 0.25) is 0 Å². The predicted octanol–water partition coefficient (Wildman–Crippen LogP) is 2.52. The van der Waals surface area contributed by atoms with Gasteiger partial charge < -0.3 is 15.4 Å². The zero-order valence-electron chi connectivity index (χ0n) is 15.0. The second-order valence-corrected chi connectivity index (χ2v) is 6.95. The highest BCUT2D eigenvalue weighted by Gasteiger charge is 2.20. The topological polar surface area (TPSA) is 84.5 Å². The van der Waals surface area contributed by atoms with Crippen molar-refractivity contribution in [2.75, 3.05) is 13.7 Å². The zero-order chi connectivity index (χ0) is 19.1. The molecule has 0 bridgehead atoms. The molecular formula is C19H22N2O4S. The maximum atomic E-state index is 12.2. The van der Waals surface area contributed by atoms with Crippen LogP contribution in [0.3, 0.4) is 0 Å². The van der Waals surface area contributed by atoms with Crippen LogP contribution in [0.15, 0.2) is 35.7 Å². The number of esters is 1. The van der Waals surface area contributed by atoms with Crippen molar-refractivity contribution in [1.82, 2.24) is 10.6 Å². The third-order valence-electron chi connectivity index (χ3n) is 3.71. The molecule has 0 aliphatic carbocycles. The first-order valence-electron chi connectivity index (χ1n) is 8.15. The van der Waals surface area contributed by atoms with Gasteiger partial charge in [-0.05, 0) is 37.4 Å². The Morgan fingerprint density at radius 1 is 1.15 bits per heavy atom. The fraction of sp³-hybridized carbons (Fsp3) is 0.316. The summed E-state index contributed by atoms with van der Waals surface area (Å²) in [6, 6.07) is 8.72. The first kappa shape index (κ1) is 19.7. The molecule has 1 atom stereocenters. The van der Waals surface area contributed by atoms with Crippen molar-refractivity contribution in [1.29, 1.82) is 0 Å². The lowest BCUT2D eigenvalue weighted by atomic mass is 10.1. The molecule has 2 aromatic rings. The van der Waals surface area contributed by atoms with Gasteiger partial charge in [-0.3, -0.25) is 14.4 Å². The molecule has 7 heteroatoms. The van der Waals surface area contributed by atoms with E-state index in [2.05, 4.69) is 15.4 Å². The Balaban J connectivity index is 1.95. The Labute approximate surface area is 156 Å². The van der Waals surface area contributed by atoms with Crippen LogP contribution in [0.5, 0.6) is 0 Å². The summed E-state index contributed by atoms with van der Waals surface area (Å²) in [5.41, 5.74) is 2.48. The maximum absolute atomic E-state index is 12.2. The number of hydrogen-bond donors (Lipinski definition) is 2. The van der Waals surface area contributed by atoms with E-state index in [4.69, 9.17) is 0 Å². The molecule has 0 aliphatic heterocycles. The molecule has 6 nitrogen and oxygen atoms in total. The van der Waals surface area contributed by atoms with Gasteiger partial charge in [0, 0.05) is 10.4 Å². The van der Waals surface area contributed by atoms with Crippen molar-refractivity contribution in [3.05, 3.63) is 57.3 Å². The van der Waals surface area contributed by atoms with E-state index in [9.17, 15) is 14.4 Å². The number of rotatable bonds is 7. The molecule has 2 amide bonds. The third kappa shape index (κ3) is 5.70. The fourth-order valence-electron chi connectivity index (χ4n) is 2.58. The van der Waals surface area contributed by atoms with Gasteiger partial charge in [0.05, 0.1) is 26.1 Å². The largest absolute Gasteiger partial charge is 0.469 e. The lowest BCUT2D eigenvalue weighted by molar-refractivity contribution is -0.141. The van der Waals surface area contributed by atoms with E-state index in [-0.39, 0.29) is 24.8 Å². The highest BCUT2D eigenvalue weighted by atomic mass is 32.1. The molecule has 1 aromatic heterocycles. The number of benzene rings is 1. The van der Waals surface area contributed by atoms with Crippen molar-refractivity contribution in [2.45, 2.75) is 26.3 Å². The Kier molecular flexibility index (Phi) is 6.91. The molecule has 0 spiro atoms. The molecule has 0 aliphatic rings. The van der Waals surface area contributed by atoms with Gasteiger partial charge in [-0.25, -0.2) is 0 Å². The molecule has 138 valence electrons. The molecule has 0 saturated heterocycles. The van der Waals surface area contributed by atoms with Gasteiger partial charge in [0.2, 0.25) is 5.91 Å². The highest BCUT2D eigenvalue weighted by molar-refractivity contribution is 7.10. The van der Waals surface area contributed by atoms with Gasteiger partial charge in [-0.2, -0.15) is 0 Å². The van der Waals surface area contributed by atoms with E-state index in [1.165, 1.54) is 18.4 Å². The number of hydrogen-bond acceptors (Lipinski definition) is 5. The van der Waals surface area contributed by atoms with E-state index in [0.717, 1.165) is 16.0 Å². The zero-order valence-corrected chi connectivity index (χ0v) is 15.8.